The first-order chi connectivity index (χ1) is 13.4. The lowest BCUT2D eigenvalue weighted by molar-refractivity contribution is -0.192. The predicted molar refractivity (Wildman–Crippen MR) is 92.1 cm³/mol. The smallest absolute Gasteiger partial charge is 0.475 e. The Morgan fingerprint density at radius 2 is 2.00 bits per heavy atom. The third-order valence-electron chi connectivity index (χ3n) is 4.68. The number of rotatable bonds is 5. The molecule has 2 fully saturated rings. The number of nitrogens with zero attached hydrogens (tertiary/aromatic N) is 3. The fourth-order valence-electron chi connectivity index (χ4n) is 3.06. The Labute approximate surface area is 164 Å². The Hall–Kier alpha value is -2.06. The highest BCUT2D eigenvalue weighted by molar-refractivity contribution is 7.89. The average Bonchev–Trinajstić information content (AvgIpc) is 3.18. The lowest BCUT2D eigenvalue weighted by Gasteiger charge is -2.27. The van der Waals surface area contributed by atoms with E-state index in [1.165, 1.54) is 0 Å². The van der Waals surface area contributed by atoms with Gasteiger partial charge in [0.2, 0.25) is 16.0 Å². The van der Waals surface area contributed by atoms with Gasteiger partial charge in [-0.15, -0.1) is 0 Å². The van der Waals surface area contributed by atoms with Gasteiger partial charge in [-0.05, 0) is 6.92 Å². The second-order valence-electron chi connectivity index (χ2n) is 6.68. The molecule has 0 amide bonds. The summed E-state index contributed by atoms with van der Waals surface area (Å²) < 4.78 is 76.3. The fraction of sp³-hybridized carbons (Fsp3) is 0.667. The Morgan fingerprint density at radius 1 is 1.41 bits per heavy atom. The number of ether oxygens (including phenoxy) is 1. The number of carboxylic acid groups (broad SMARTS) is 1. The van der Waals surface area contributed by atoms with Crippen molar-refractivity contribution in [3.05, 3.63) is 18.2 Å². The topological polar surface area (TPSA) is 122 Å². The summed E-state index contributed by atoms with van der Waals surface area (Å²) in [7, 11) is -3.24. The van der Waals surface area contributed by atoms with Crippen molar-refractivity contribution in [2.45, 2.75) is 13.1 Å². The molecule has 0 aliphatic carbocycles. The molecule has 0 spiro atoms. The summed E-state index contributed by atoms with van der Waals surface area (Å²) >= 11 is 0. The first-order valence-corrected chi connectivity index (χ1v) is 10.1. The van der Waals surface area contributed by atoms with E-state index < -0.39 is 28.0 Å². The Morgan fingerprint density at radius 3 is 2.52 bits per heavy atom. The average molecular weight is 444 g/mol. The van der Waals surface area contributed by atoms with E-state index >= 15 is 0 Å². The fourth-order valence-corrected chi connectivity index (χ4v) is 3.77. The van der Waals surface area contributed by atoms with Crippen molar-refractivity contribution < 1.29 is 40.6 Å². The SMILES string of the molecule is CCS(=O)(=O)NC[C@]12COC[C@H]1CN(c1ncc(F)cn1)C2.O=C(O)C(F)(F)F. The van der Waals surface area contributed by atoms with E-state index in [9.17, 15) is 26.0 Å². The highest BCUT2D eigenvalue weighted by Gasteiger charge is 2.51. The lowest BCUT2D eigenvalue weighted by Crippen LogP contribution is -2.43. The predicted octanol–water partition coefficient (Wildman–Crippen LogP) is 0.641. The number of carboxylic acids is 1. The zero-order valence-corrected chi connectivity index (χ0v) is 16.1. The normalized spacial score (nSPS) is 24.0. The van der Waals surface area contributed by atoms with Gasteiger partial charge in [0, 0.05) is 31.0 Å². The molecule has 0 saturated carbocycles. The van der Waals surface area contributed by atoms with Crippen molar-refractivity contribution in [2.24, 2.45) is 11.3 Å². The summed E-state index contributed by atoms with van der Waals surface area (Å²) in [5.74, 6) is -2.50. The molecule has 2 aliphatic rings. The highest BCUT2D eigenvalue weighted by atomic mass is 32.2. The Kier molecular flexibility index (Phi) is 7.01. The first kappa shape index (κ1) is 23.2. The number of hydrogen-bond donors (Lipinski definition) is 2. The lowest BCUT2D eigenvalue weighted by atomic mass is 9.81. The van der Waals surface area contributed by atoms with E-state index in [-0.39, 0.29) is 17.1 Å². The molecule has 1 aromatic heterocycles. The van der Waals surface area contributed by atoms with Crippen molar-refractivity contribution in [1.82, 2.24) is 14.7 Å². The van der Waals surface area contributed by atoms with Gasteiger partial charge in [-0.1, -0.05) is 0 Å². The van der Waals surface area contributed by atoms with E-state index in [2.05, 4.69) is 14.7 Å². The molecule has 2 saturated heterocycles. The van der Waals surface area contributed by atoms with Gasteiger partial charge < -0.3 is 14.7 Å². The summed E-state index contributed by atoms with van der Waals surface area (Å²) in [6.45, 7) is 4.31. The van der Waals surface area contributed by atoms with Gasteiger partial charge in [-0.3, -0.25) is 0 Å². The van der Waals surface area contributed by atoms with Gasteiger partial charge in [0.15, 0.2) is 5.82 Å². The van der Waals surface area contributed by atoms with Gasteiger partial charge in [-0.2, -0.15) is 13.2 Å². The molecule has 0 aromatic carbocycles. The number of anilines is 1. The highest BCUT2D eigenvalue weighted by Crippen LogP contribution is 2.41. The maximum Gasteiger partial charge on any atom is 0.490 e. The van der Waals surface area contributed by atoms with E-state index in [1.54, 1.807) is 6.92 Å². The molecule has 0 radical (unpaired) electrons. The number of nitrogens with one attached hydrogen (secondary N) is 1. The number of aromatic nitrogens is 2. The number of sulfonamides is 1. The van der Waals surface area contributed by atoms with Crippen LogP contribution in [0.3, 0.4) is 0 Å². The number of hydrogen-bond acceptors (Lipinski definition) is 7. The van der Waals surface area contributed by atoms with Crippen LogP contribution in [0.4, 0.5) is 23.5 Å². The number of fused-ring (bicyclic) bond motifs is 1. The summed E-state index contributed by atoms with van der Waals surface area (Å²) in [5, 5.41) is 7.12. The molecule has 9 nitrogen and oxygen atoms in total. The molecule has 3 heterocycles. The molecule has 1 aromatic rings. The largest absolute Gasteiger partial charge is 0.490 e. The second-order valence-corrected chi connectivity index (χ2v) is 8.78. The molecule has 0 unspecified atom stereocenters. The van der Waals surface area contributed by atoms with Crippen molar-refractivity contribution >= 4 is 21.9 Å². The number of halogens is 4. The summed E-state index contributed by atoms with van der Waals surface area (Å²) in [6, 6.07) is 0. The molecule has 29 heavy (non-hydrogen) atoms. The molecule has 2 atom stereocenters. The molecule has 0 bridgehead atoms. The number of alkyl halides is 3. The molecule has 164 valence electrons. The van der Waals surface area contributed by atoms with Gasteiger partial charge in [0.1, 0.15) is 0 Å². The minimum absolute atomic E-state index is 0.0550. The van der Waals surface area contributed by atoms with Crippen LogP contribution in [0.1, 0.15) is 6.92 Å². The van der Waals surface area contributed by atoms with Crippen LogP contribution in [-0.4, -0.2) is 74.2 Å². The molecule has 2 N–H and O–H groups in total. The van der Waals surface area contributed by atoms with Crippen LogP contribution in [0.25, 0.3) is 0 Å². The Balaban J connectivity index is 0.000000370. The summed E-state index contributed by atoms with van der Waals surface area (Å²) in [5.41, 5.74) is -0.278. The van der Waals surface area contributed by atoms with Crippen LogP contribution < -0.4 is 9.62 Å². The second kappa shape index (κ2) is 8.75. The maximum absolute atomic E-state index is 12.9. The standard InChI is InChI=1S/C13H19FN4O3S.C2HF3O2/c1-2-22(19,20)17-7-13-8-18(5-10(13)6-21-9-13)12-15-3-11(14)4-16-12;3-2(4,5)1(6)7/h3-4,10,17H,2,5-9H2,1H3;(H,6,7)/t10-,13+;/m1./s1. The molecule has 3 rings (SSSR count). The van der Waals surface area contributed by atoms with Crippen LogP contribution in [-0.2, 0) is 19.6 Å². The maximum atomic E-state index is 12.9. The summed E-state index contributed by atoms with van der Waals surface area (Å²) in [4.78, 5) is 18.9. The molecule has 2 aliphatic heterocycles. The molecule has 14 heteroatoms. The minimum Gasteiger partial charge on any atom is -0.475 e. The van der Waals surface area contributed by atoms with E-state index in [1.807, 2.05) is 4.90 Å². The zero-order chi connectivity index (χ0) is 21.9. The third kappa shape index (κ3) is 5.96. The Bertz CT molecular complexity index is 821. The quantitative estimate of drug-likeness (QED) is 0.635. The van der Waals surface area contributed by atoms with Crippen molar-refractivity contribution in [3.63, 3.8) is 0 Å². The van der Waals surface area contributed by atoms with Crippen molar-refractivity contribution in [2.75, 3.05) is 43.5 Å². The van der Waals surface area contributed by atoms with Crippen LogP contribution in [0.5, 0.6) is 0 Å². The minimum atomic E-state index is -5.08. The van der Waals surface area contributed by atoms with Gasteiger partial charge >= 0.3 is 12.1 Å². The summed E-state index contributed by atoms with van der Waals surface area (Å²) in [6.07, 6.45) is -2.81. The van der Waals surface area contributed by atoms with Crippen molar-refractivity contribution in [1.29, 1.82) is 0 Å². The first-order valence-electron chi connectivity index (χ1n) is 8.46. The van der Waals surface area contributed by atoms with Gasteiger partial charge in [0.05, 0.1) is 31.4 Å². The zero-order valence-electron chi connectivity index (χ0n) is 15.3. The molecular formula is C15H20F4N4O5S. The van der Waals surface area contributed by atoms with E-state index in [0.717, 1.165) is 12.4 Å². The van der Waals surface area contributed by atoms with Crippen LogP contribution in [0.2, 0.25) is 0 Å². The van der Waals surface area contributed by atoms with Gasteiger partial charge in [0.25, 0.3) is 0 Å². The van der Waals surface area contributed by atoms with Gasteiger partial charge in [-0.25, -0.2) is 32.3 Å². The number of carbonyl (C=O) groups is 1. The molecular weight excluding hydrogens is 424 g/mol. The van der Waals surface area contributed by atoms with Crippen LogP contribution in [0.15, 0.2) is 12.4 Å². The van der Waals surface area contributed by atoms with Crippen LogP contribution in [0, 0.1) is 17.2 Å². The van der Waals surface area contributed by atoms with Crippen molar-refractivity contribution in [3.8, 4) is 0 Å². The monoisotopic (exact) mass is 444 g/mol. The third-order valence-corrected chi connectivity index (χ3v) is 6.02. The van der Waals surface area contributed by atoms with E-state index in [4.69, 9.17) is 14.6 Å². The van der Waals surface area contributed by atoms with E-state index in [0.29, 0.717) is 38.8 Å². The number of aliphatic carboxylic acids is 1. The van der Waals surface area contributed by atoms with Crippen LogP contribution >= 0.6 is 0 Å².